The fraction of sp³-hybridized carbons (Fsp3) is 0.333. The topological polar surface area (TPSA) is 74.7 Å². The second-order valence-corrected chi connectivity index (χ2v) is 9.10. The van der Waals surface area contributed by atoms with Crippen LogP contribution in [-0.4, -0.2) is 52.7 Å². The van der Waals surface area contributed by atoms with Gasteiger partial charge in [-0.15, -0.1) is 0 Å². The second kappa shape index (κ2) is 10.7. The molecule has 1 atom stereocenters. The summed E-state index contributed by atoms with van der Waals surface area (Å²) in [6.45, 7) is 5.59. The third-order valence-corrected chi connectivity index (χ3v) is 5.98. The number of aliphatic hydroxyl groups excluding tert-OH is 1. The zero-order valence-electron chi connectivity index (χ0n) is 20.0. The van der Waals surface area contributed by atoms with E-state index in [2.05, 4.69) is 15.2 Å². The summed E-state index contributed by atoms with van der Waals surface area (Å²) < 4.78 is 44.1. The van der Waals surface area contributed by atoms with Gasteiger partial charge in [0.1, 0.15) is 11.9 Å². The fourth-order valence-electron chi connectivity index (χ4n) is 4.01. The van der Waals surface area contributed by atoms with Gasteiger partial charge in [0.25, 0.3) is 5.91 Å². The molecule has 6 nitrogen and oxygen atoms in total. The molecule has 1 amide bonds. The first kappa shape index (κ1) is 25.7. The number of carbonyl (C=O) groups is 1. The van der Waals surface area contributed by atoms with Crippen molar-refractivity contribution in [2.24, 2.45) is 0 Å². The van der Waals surface area contributed by atoms with Crippen LogP contribution in [0.5, 0.6) is 5.75 Å². The SMILES string of the molecule is Cc1cc(-c2ccc(OC3CN(Cc4ccc(C(F)(F)F)cc4)C3)cn2)ccc1C(=O)NCC(C)O. The van der Waals surface area contributed by atoms with Crippen molar-refractivity contribution < 1.29 is 27.8 Å². The molecule has 190 valence electrons. The Hall–Kier alpha value is -3.43. The highest BCUT2D eigenvalue weighted by atomic mass is 19.4. The number of halogens is 3. The largest absolute Gasteiger partial charge is 0.486 e. The van der Waals surface area contributed by atoms with Crippen LogP contribution in [0, 0.1) is 6.92 Å². The van der Waals surface area contributed by atoms with Crippen molar-refractivity contribution in [2.45, 2.75) is 38.8 Å². The number of ether oxygens (including phenoxy) is 1. The zero-order chi connectivity index (χ0) is 25.9. The number of benzene rings is 2. The number of aliphatic hydroxyl groups is 1. The Balaban J connectivity index is 1.28. The van der Waals surface area contributed by atoms with Crippen molar-refractivity contribution >= 4 is 5.91 Å². The van der Waals surface area contributed by atoms with E-state index in [0.29, 0.717) is 30.9 Å². The number of likely N-dealkylation sites (tertiary alicyclic amines) is 1. The molecule has 0 spiro atoms. The molecule has 2 N–H and O–H groups in total. The number of pyridine rings is 1. The minimum Gasteiger partial charge on any atom is -0.486 e. The molecule has 1 aliphatic heterocycles. The Morgan fingerprint density at radius 2 is 1.89 bits per heavy atom. The molecule has 9 heteroatoms. The molecule has 4 rings (SSSR count). The van der Waals surface area contributed by atoms with E-state index < -0.39 is 17.8 Å². The van der Waals surface area contributed by atoms with Gasteiger partial charge >= 0.3 is 6.18 Å². The quantitative estimate of drug-likeness (QED) is 0.479. The summed E-state index contributed by atoms with van der Waals surface area (Å²) in [5.74, 6) is 0.410. The maximum Gasteiger partial charge on any atom is 0.416 e. The highest BCUT2D eigenvalue weighted by Gasteiger charge is 2.31. The lowest BCUT2D eigenvalue weighted by atomic mass is 10.0. The van der Waals surface area contributed by atoms with Crippen molar-refractivity contribution in [1.29, 1.82) is 0 Å². The number of amides is 1. The lowest BCUT2D eigenvalue weighted by molar-refractivity contribution is -0.137. The lowest BCUT2D eigenvalue weighted by Crippen LogP contribution is -2.53. The average molecular weight is 500 g/mol. The van der Waals surface area contributed by atoms with Crippen LogP contribution in [-0.2, 0) is 12.7 Å². The van der Waals surface area contributed by atoms with Gasteiger partial charge in [-0.25, -0.2) is 0 Å². The van der Waals surface area contributed by atoms with Crippen molar-refractivity contribution in [3.05, 3.63) is 83.0 Å². The molecule has 2 heterocycles. The van der Waals surface area contributed by atoms with Crippen LogP contribution < -0.4 is 10.1 Å². The van der Waals surface area contributed by atoms with E-state index in [4.69, 9.17) is 4.74 Å². The van der Waals surface area contributed by atoms with Crippen LogP contribution in [0.25, 0.3) is 11.3 Å². The molecular weight excluding hydrogens is 471 g/mol. The van der Waals surface area contributed by atoms with Crippen LogP contribution >= 0.6 is 0 Å². The standard InChI is InChI=1S/C27H28F3N3O3/c1-17-11-20(5-9-24(17)26(35)32-12-18(2)34)25-10-8-22(13-31-25)36-23-15-33(16-23)14-19-3-6-21(7-4-19)27(28,29)30/h3-11,13,18,23,34H,12,14-16H2,1-2H3,(H,32,35). The first-order valence-electron chi connectivity index (χ1n) is 11.7. The van der Waals surface area contributed by atoms with E-state index >= 15 is 0 Å². The van der Waals surface area contributed by atoms with Crippen molar-refractivity contribution in [3.63, 3.8) is 0 Å². The predicted octanol–water partition coefficient (Wildman–Crippen LogP) is 4.45. The summed E-state index contributed by atoms with van der Waals surface area (Å²) in [6.07, 6.45) is -3.28. The number of aryl methyl sites for hydroxylation is 1. The second-order valence-electron chi connectivity index (χ2n) is 9.10. The average Bonchev–Trinajstić information content (AvgIpc) is 2.81. The van der Waals surface area contributed by atoms with E-state index in [1.54, 1.807) is 19.2 Å². The summed E-state index contributed by atoms with van der Waals surface area (Å²) >= 11 is 0. The van der Waals surface area contributed by atoms with Crippen molar-refractivity contribution in [2.75, 3.05) is 19.6 Å². The molecule has 0 bridgehead atoms. The first-order valence-corrected chi connectivity index (χ1v) is 11.7. The summed E-state index contributed by atoms with van der Waals surface area (Å²) in [4.78, 5) is 18.9. The van der Waals surface area contributed by atoms with Gasteiger partial charge < -0.3 is 15.2 Å². The summed E-state index contributed by atoms with van der Waals surface area (Å²) in [5.41, 5.74) is 3.16. The molecule has 2 aromatic carbocycles. The number of hydrogen-bond donors (Lipinski definition) is 2. The van der Waals surface area contributed by atoms with Gasteiger partial charge in [0.15, 0.2) is 0 Å². The molecule has 3 aromatic rings. The molecule has 0 radical (unpaired) electrons. The molecule has 0 saturated carbocycles. The normalized spacial score (nSPS) is 15.3. The van der Waals surface area contributed by atoms with E-state index in [1.807, 2.05) is 31.2 Å². The molecule has 1 aromatic heterocycles. The number of nitrogens with one attached hydrogen (secondary N) is 1. The highest BCUT2D eigenvalue weighted by molar-refractivity contribution is 5.96. The Kier molecular flexibility index (Phi) is 7.61. The van der Waals surface area contributed by atoms with Gasteiger partial charge in [-0.2, -0.15) is 13.2 Å². The van der Waals surface area contributed by atoms with E-state index in [-0.39, 0.29) is 18.6 Å². The number of carbonyl (C=O) groups excluding carboxylic acids is 1. The first-order chi connectivity index (χ1) is 17.1. The fourth-order valence-corrected chi connectivity index (χ4v) is 4.01. The van der Waals surface area contributed by atoms with E-state index in [1.165, 1.54) is 12.1 Å². The van der Waals surface area contributed by atoms with Gasteiger partial charge in [-0.3, -0.25) is 14.7 Å². The van der Waals surface area contributed by atoms with Crippen LogP contribution in [0.15, 0.2) is 60.8 Å². The van der Waals surface area contributed by atoms with Crippen LogP contribution in [0.3, 0.4) is 0 Å². The van der Waals surface area contributed by atoms with Gasteiger partial charge in [0.05, 0.1) is 23.6 Å². The Labute approximate surface area is 207 Å². The Morgan fingerprint density at radius 3 is 2.47 bits per heavy atom. The van der Waals surface area contributed by atoms with Gasteiger partial charge in [-0.05, 0) is 61.4 Å². The van der Waals surface area contributed by atoms with Gasteiger partial charge in [0, 0.05) is 37.3 Å². The van der Waals surface area contributed by atoms with Crippen molar-refractivity contribution in [3.8, 4) is 17.0 Å². The van der Waals surface area contributed by atoms with E-state index in [0.717, 1.165) is 34.5 Å². The number of alkyl halides is 3. The zero-order valence-corrected chi connectivity index (χ0v) is 20.0. The Morgan fingerprint density at radius 1 is 1.17 bits per heavy atom. The molecule has 1 unspecified atom stereocenters. The number of hydrogen-bond acceptors (Lipinski definition) is 5. The van der Waals surface area contributed by atoms with Crippen LogP contribution in [0.1, 0.15) is 34.0 Å². The lowest BCUT2D eigenvalue weighted by Gasteiger charge is -2.39. The van der Waals surface area contributed by atoms with E-state index in [9.17, 15) is 23.1 Å². The minimum absolute atomic E-state index is 0.00576. The minimum atomic E-state index is -4.32. The van der Waals surface area contributed by atoms with Gasteiger partial charge in [0.2, 0.25) is 0 Å². The maximum atomic E-state index is 12.7. The number of aromatic nitrogens is 1. The summed E-state index contributed by atoms with van der Waals surface area (Å²) in [7, 11) is 0. The monoisotopic (exact) mass is 499 g/mol. The smallest absolute Gasteiger partial charge is 0.416 e. The molecule has 1 saturated heterocycles. The molecule has 1 aliphatic rings. The van der Waals surface area contributed by atoms with Gasteiger partial charge in [-0.1, -0.05) is 18.2 Å². The molecule has 1 fully saturated rings. The van der Waals surface area contributed by atoms with Crippen LogP contribution in [0.4, 0.5) is 13.2 Å². The third kappa shape index (κ3) is 6.41. The molecule has 36 heavy (non-hydrogen) atoms. The molecule has 0 aliphatic carbocycles. The highest BCUT2D eigenvalue weighted by Crippen LogP contribution is 2.30. The number of nitrogens with zero attached hydrogens (tertiary/aromatic N) is 2. The summed E-state index contributed by atoms with van der Waals surface area (Å²) in [6, 6.07) is 14.4. The number of rotatable bonds is 8. The third-order valence-electron chi connectivity index (χ3n) is 5.98. The summed E-state index contributed by atoms with van der Waals surface area (Å²) in [5, 5.41) is 12.0. The Bertz CT molecular complexity index is 1190. The maximum absolute atomic E-state index is 12.7. The predicted molar refractivity (Wildman–Crippen MR) is 130 cm³/mol. The van der Waals surface area contributed by atoms with Crippen LogP contribution in [0.2, 0.25) is 0 Å². The van der Waals surface area contributed by atoms with Crippen molar-refractivity contribution in [1.82, 2.24) is 15.2 Å². The molecular formula is C27H28F3N3O3.